The molecule has 1 fully saturated rings. The quantitative estimate of drug-likeness (QED) is 0.599. The van der Waals surface area contributed by atoms with Crippen LogP contribution in [0.25, 0.3) is 0 Å². The van der Waals surface area contributed by atoms with Gasteiger partial charge in [0.2, 0.25) is 5.91 Å². The van der Waals surface area contributed by atoms with Crippen molar-refractivity contribution in [1.29, 1.82) is 0 Å². The fraction of sp³-hybridized carbons (Fsp3) is 0.500. The van der Waals surface area contributed by atoms with Crippen LogP contribution in [-0.2, 0) is 17.8 Å². The Balaban J connectivity index is 1.98. The van der Waals surface area contributed by atoms with Gasteiger partial charge in [0.1, 0.15) is 5.76 Å². The Morgan fingerprint density at radius 1 is 1.54 bits per heavy atom. The Labute approximate surface area is 76.3 Å². The lowest BCUT2D eigenvalue weighted by Gasteiger charge is -2.28. The Morgan fingerprint density at radius 2 is 2.46 bits per heavy atom. The van der Waals surface area contributed by atoms with Crippen molar-refractivity contribution < 1.29 is 9.21 Å². The third-order valence-electron chi connectivity index (χ3n) is 3.06. The first-order valence-electron chi connectivity index (χ1n) is 4.69. The van der Waals surface area contributed by atoms with Gasteiger partial charge >= 0.3 is 0 Å². The van der Waals surface area contributed by atoms with Crippen LogP contribution in [0.3, 0.4) is 0 Å². The van der Waals surface area contributed by atoms with Crippen LogP contribution < -0.4 is 0 Å². The van der Waals surface area contributed by atoms with E-state index in [1.54, 1.807) is 6.26 Å². The monoisotopic (exact) mass is 177 g/mol. The Hall–Kier alpha value is -1.25. The minimum Gasteiger partial charge on any atom is -0.467 e. The van der Waals surface area contributed by atoms with Crippen LogP contribution in [0, 0.1) is 0 Å². The highest BCUT2D eigenvalue weighted by atomic mass is 16.3. The van der Waals surface area contributed by atoms with Gasteiger partial charge in [-0.25, -0.2) is 0 Å². The van der Waals surface area contributed by atoms with Gasteiger partial charge in [-0.1, -0.05) is 0 Å². The maximum absolute atomic E-state index is 11.4. The fourth-order valence-electron chi connectivity index (χ4n) is 2.32. The molecule has 0 aromatic carbocycles. The summed E-state index contributed by atoms with van der Waals surface area (Å²) in [5.74, 6) is 1.26. The number of hydrogen-bond donors (Lipinski definition) is 0. The summed E-state index contributed by atoms with van der Waals surface area (Å²) in [6.45, 7) is 0.686. The Kier molecular flexibility index (Phi) is 1.31. The third kappa shape index (κ3) is 0.930. The van der Waals surface area contributed by atoms with Gasteiger partial charge in [-0.15, -0.1) is 0 Å². The molecule has 0 aliphatic carbocycles. The molecule has 13 heavy (non-hydrogen) atoms. The molecular formula is C10H11NO2. The second-order valence-electron chi connectivity index (χ2n) is 3.79. The molecule has 3 rings (SSSR count). The van der Waals surface area contributed by atoms with Gasteiger partial charge < -0.3 is 9.32 Å². The molecule has 0 bridgehead atoms. The molecule has 0 N–H and O–H groups in total. The fourth-order valence-corrected chi connectivity index (χ4v) is 2.32. The molecule has 3 heterocycles. The number of carbonyl (C=O) groups excluding carboxylic acids is 1. The zero-order chi connectivity index (χ0) is 8.84. The van der Waals surface area contributed by atoms with E-state index in [9.17, 15) is 4.79 Å². The molecule has 1 amide bonds. The molecule has 2 aliphatic heterocycles. The molecule has 3 heteroatoms. The SMILES string of the molecule is O=C1CC[C@H]2Cc3ccoc3CN12. The predicted octanol–water partition coefficient (Wildman–Crippen LogP) is 1.33. The number of rotatable bonds is 0. The minimum absolute atomic E-state index is 0.284. The number of fused-ring (bicyclic) bond motifs is 2. The first-order valence-corrected chi connectivity index (χ1v) is 4.69. The lowest BCUT2D eigenvalue weighted by Crippen LogP contribution is -2.37. The van der Waals surface area contributed by atoms with Gasteiger partial charge in [0.15, 0.2) is 0 Å². The van der Waals surface area contributed by atoms with Gasteiger partial charge in [0, 0.05) is 12.5 Å². The highest BCUT2D eigenvalue weighted by Crippen LogP contribution is 2.31. The summed E-state index contributed by atoms with van der Waals surface area (Å²) in [4.78, 5) is 13.4. The second kappa shape index (κ2) is 2.37. The summed E-state index contributed by atoms with van der Waals surface area (Å²) in [5.41, 5.74) is 1.29. The van der Waals surface area contributed by atoms with Gasteiger partial charge in [0.05, 0.1) is 12.8 Å². The van der Waals surface area contributed by atoms with Crippen molar-refractivity contribution in [2.75, 3.05) is 0 Å². The topological polar surface area (TPSA) is 33.5 Å². The molecule has 0 unspecified atom stereocenters. The molecule has 0 saturated carbocycles. The number of carbonyl (C=O) groups is 1. The number of amides is 1. The third-order valence-corrected chi connectivity index (χ3v) is 3.06. The summed E-state index contributed by atoms with van der Waals surface area (Å²) in [5, 5.41) is 0. The lowest BCUT2D eigenvalue weighted by atomic mass is 10.0. The summed E-state index contributed by atoms with van der Waals surface area (Å²) in [6, 6.07) is 2.47. The van der Waals surface area contributed by atoms with Gasteiger partial charge in [-0.3, -0.25) is 4.79 Å². The number of furan rings is 1. The van der Waals surface area contributed by atoms with E-state index in [2.05, 4.69) is 0 Å². The first-order chi connectivity index (χ1) is 6.34. The molecule has 2 aliphatic rings. The van der Waals surface area contributed by atoms with Crippen LogP contribution in [0.2, 0.25) is 0 Å². The zero-order valence-corrected chi connectivity index (χ0v) is 7.32. The normalized spacial score (nSPS) is 26.0. The number of hydrogen-bond acceptors (Lipinski definition) is 2. The Morgan fingerprint density at radius 3 is 3.38 bits per heavy atom. The molecule has 3 nitrogen and oxygen atoms in total. The van der Waals surface area contributed by atoms with Crippen LogP contribution >= 0.6 is 0 Å². The average Bonchev–Trinajstić information content (AvgIpc) is 2.70. The van der Waals surface area contributed by atoms with E-state index >= 15 is 0 Å². The van der Waals surface area contributed by atoms with E-state index in [-0.39, 0.29) is 5.91 Å². The molecule has 1 saturated heterocycles. The van der Waals surface area contributed by atoms with Crippen LogP contribution in [0.4, 0.5) is 0 Å². The second-order valence-corrected chi connectivity index (χ2v) is 3.79. The highest BCUT2D eigenvalue weighted by molar-refractivity contribution is 5.79. The largest absolute Gasteiger partial charge is 0.467 e. The van der Waals surface area contributed by atoms with E-state index in [1.807, 2.05) is 11.0 Å². The van der Waals surface area contributed by atoms with Crippen LogP contribution in [0.1, 0.15) is 24.2 Å². The molecule has 1 aromatic heterocycles. The van der Waals surface area contributed by atoms with Crippen molar-refractivity contribution in [3.63, 3.8) is 0 Å². The van der Waals surface area contributed by atoms with E-state index in [0.29, 0.717) is 12.6 Å². The predicted molar refractivity (Wildman–Crippen MR) is 46.0 cm³/mol. The maximum atomic E-state index is 11.4. The van der Waals surface area contributed by atoms with Crippen molar-refractivity contribution in [2.45, 2.75) is 31.8 Å². The average molecular weight is 177 g/mol. The lowest BCUT2D eigenvalue weighted by molar-refractivity contribution is -0.130. The van der Waals surface area contributed by atoms with Crippen molar-refractivity contribution >= 4 is 5.91 Å². The molecular weight excluding hydrogens is 166 g/mol. The molecule has 68 valence electrons. The van der Waals surface area contributed by atoms with Crippen LogP contribution in [0.5, 0.6) is 0 Å². The molecule has 1 aromatic rings. The molecule has 0 spiro atoms. The van der Waals surface area contributed by atoms with E-state index < -0.39 is 0 Å². The molecule has 1 atom stereocenters. The van der Waals surface area contributed by atoms with Crippen molar-refractivity contribution in [3.8, 4) is 0 Å². The summed E-state index contributed by atoms with van der Waals surface area (Å²) in [6.07, 6.45) is 4.44. The molecule has 0 radical (unpaired) electrons. The minimum atomic E-state index is 0.284. The Bertz CT molecular complexity index is 356. The van der Waals surface area contributed by atoms with Crippen LogP contribution in [-0.4, -0.2) is 16.8 Å². The van der Waals surface area contributed by atoms with E-state index in [0.717, 1.165) is 25.0 Å². The summed E-state index contributed by atoms with van der Waals surface area (Å²) >= 11 is 0. The van der Waals surface area contributed by atoms with Crippen molar-refractivity contribution in [3.05, 3.63) is 23.7 Å². The van der Waals surface area contributed by atoms with Gasteiger partial charge in [-0.2, -0.15) is 0 Å². The van der Waals surface area contributed by atoms with Crippen LogP contribution in [0.15, 0.2) is 16.7 Å². The van der Waals surface area contributed by atoms with Crippen molar-refractivity contribution in [1.82, 2.24) is 4.90 Å². The van der Waals surface area contributed by atoms with E-state index in [1.165, 1.54) is 5.56 Å². The highest BCUT2D eigenvalue weighted by Gasteiger charge is 2.35. The standard InChI is InChI=1S/C10H11NO2/c12-10-2-1-8-5-7-3-4-13-9(7)6-11(8)10/h3-4,8H,1-2,5-6H2/t8-/m0/s1. The summed E-state index contributed by atoms with van der Waals surface area (Å²) < 4.78 is 5.32. The number of nitrogens with zero attached hydrogens (tertiary/aromatic N) is 1. The van der Waals surface area contributed by atoms with E-state index in [4.69, 9.17) is 4.42 Å². The maximum Gasteiger partial charge on any atom is 0.223 e. The first kappa shape index (κ1) is 7.18. The smallest absolute Gasteiger partial charge is 0.223 e. The van der Waals surface area contributed by atoms with Crippen molar-refractivity contribution in [2.24, 2.45) is 0 Å². The summed E-state index contributed by atoms with van der Waals surface area (Å²) in [7, 11) is 0. The van der Waals surface area contributed by atoms with Gasteiger partial charge in [-0.05, 0) is 24.5 Å². The zero-order valence-electron chi connectivity index (χ0n) is 7.32. The van der Waals surface area contributed by atoms with Gasteiger partial charge in [0.25, 0.3) is 0 Å².